The van der Waals surface area contributed by atoms with Crippen molar-refractivity contribution in [2.45, 2.75) is 39.2 Å². The lowest BCUT2D eigenvalue weighted by atomic mass is 9.92. The zero-order valence-electron chi connectivity index (χ0n) is 17.9. The number of benzene rings is 2. The maximum Gasteiger partial charge on any atom is 0.257 e. The first-order valence-corrected chi connectivity index (χ1v) is 10.9. The summed E-state index contributed by atoms with van der Waals surface area (Å²) in [5, 5.41) is 2.86. The fourth-order valence-electron chi connectivity index (χ4n) is 4.55. The van der Waals surface area contributed by atoms with Crippen LogP contribution in [-0.4, -0.2) is 43.0 Å². The Kier molecular flexibility index (Phi) is 5.93. The molecule has 3 heterocycles. The van der Waals surface area contributed by atoms with Crippen molar-refractivity contribution in [3.8, 4) is 5.75 Å². The Hall–Kier alpha value is -2.60. The summed E-state index contributed by atoms with van der Waals surface area (Å²) >= 11 is 6.67. The minimum Gasteiger partial charge on any atom is -0.491 e. The predicted molar refractivity (Wildman–Crippen MR) is 118 cm³/mol. The molecule has 31 heavy (non-hydrogen) atoms. The average Bonchev–Trinajstić information content (AvgIpc) is 2.84. The van der Waals surface area contributed by atoms with E-state index in [0.29, 0.717) is 47.4 Å². The van der Waals surface area contributed by atoms with Crippen LogP contribution in [0.4, 0.5) is 4.39 Å². The van der Waals surface area contributed by atoms with Gasteiger partial charge in [0.05, 0.1) is 22.8 Å². The van der Waals surface area contributed by atoms with Crippen molar-refractivity contribution in [2.24, 2.45) is 5.92 Å². The van der Waals surface area contributed by atoms with E-state index in [2.05, 4.69) is 12.2 Å². The summed E-state index contributed by atoms with van der Waals surface area (Å²) in [6.07, 6.45) is 2.22. The normalized spacial score (nSPS) is 20.4. The summed E-state index contributed by atoms with van der Waals surface area (Å²) in [7, 11) is 1.46. The maximum atomic E-state index is 14.4. The number of piperidine rings is 1. The highest BCUT2D eigenvalue weighted by Gasteiger charge is 2.34. The molecule has 7 heteroatoms. The zero-order valence-corrected chi connectivity index (χ0v) is 18.7. The number of nitrogens with zero attached hydrogens (tertiary/aromatic N) is 1. The average molecular weight is 445 g/mol. The lowest BCUT2D eigenvalue weighted by Gasteiger charge is -2.36. The topological polar surface area (TPSA) is 58.6 Å². The van der Waals surface area contributed by atoms with Gasteiger partial charge in [-0.05, 0) is 73.9 Å². The number of hydrogen-bond donors (Lipinski definition) is 1. The Balaban J connectivity index is 1.73. The standard InChI is InChI=1S/C24H26ClFN2O3/c1-13-8-16-6-7-28(13)24(30)19-11-17(14(2)21(25)22(19)31-12-16)9-15-4-5-18(20(26)10-15)23(29)27-3/h4-5,10-11,13,16H,6-9,12H2,1-3H3,(H,27,29)/t13-,16?/m0/s1. The number of carbonyl (C=O) groups is 2. The third-order valence-corrected chi connectivity index (χ3v) is 6.87. The highest BCUT2D eigenvalue weighted by atomic mass is 35.5. The van der Waals surface area contributed by atoms with E-state index in [4.69, 9.17) is 16.3 Å². The molecule has 2 aromatic rings. The second-order valence-electron chi connectivity index (χ2n) is 8.47. The number of hydrogen-bond acceptors (Lipinski definition) is 3. The van der Waals surface area contributed by atoms with Gasteiger partial charge >= 0.3 is 0 Å². The molecule has 2 bridgehead atoms. The minimum atomic E-state index is -0.584. The molecule has 164 valence electrons. The Morgan fingerprint density at radius 2 is 2.13 bits per heavy atom. The van der Waals surface area contributed by atoms with Crippen molar-refractivity contribution in [3.05, 3.63) is 62.9 Å². The number of fused-ring (bicyclic) bond motifs is 3. The molecule has 0 saturated carbocycles. The summed E-state index contributed by atoms with van der Waals surface area (Å²) in [4.78, 5) is 27.0. The van der Waals surface area contributed by atoms with E-state index in [-0.39, 0.29) is 17.5 Å². The van der Waals surface area contributed by atoms with Crippen LogP contribution in [0.5, 0.6) is 5.75 Å². The van der Waals surface area contributed by atoms with Gasteiger partial charge < -0.3 is 15.0 Å². The third-order valence-electron chi connectivity index (χ3n) is 6.41. The summed E-state index contributed by atoms with van der Waals surface area (Å²) in [5.74, 6) is -0.282. The van der Waals surface area contributed by atoms with Gasteiger partial charge in [0.25, 0.3) is 11.8 Å². The molecule has 0 aromatic heterocycles. The fourth-order valence-corrected chi connectivity index (χ4v) is 4.82. The van der Waals surface area contributed by atoms with Crippen LogP contribution < -0.4 is 10.1 Å². The van der Waals surface area contributed by atoms with Crippen LogP contribution in [0.15, 0.2) is 24.3 Å². The SMILES string of the molecule is CNC(=O)c1ccc(Cc2cc3c(c(Cl)c2C)OCC2CCN(C3=O)[C@@H](C)C2)cc1F. The van der Waals surface area contributed by atoms with Crippen LogP contribution in [0.1, 0.15) is 57.2 Å². The zero-order chi connectivity index (χ0) is 22.3. The smallest absolute Gasteiger partial charge is 0.257 e. The minimum absolute atomic E-state index is 0.00316. The molecule has 3 aliphatic heterocycles. The molecule has 1 unspecified atom stereocenters. The summed E-state index contributed by atoms with van der Waals surface area (Å²) in [6.45, 7) is 5.21. The molecule has 2 amide bonds. The van der Waals surface area contributed by atoms with E-state index in [1.54, 1.807) is 6.07 Å². The summed E-state index contributed by atoms with van der Waals surface area (Å²) in [5.41, 5.74) is 2.78. The quantitative estimate of drug-likeness (QED) is 0.764. The molecule has 0 radical (unpaired) electrons. The molecule has 2 aromatic carbocycles. The van der Waals surface area contributed by atoms with Crippen molar-refractivity contribution in [3.63, 3.8) is 0 Å². The van der Waals surface area contributed by atoms with Gasteiger partial charge in [0.15, 0.2) is 5.75 Å². The van der Waals surface area contributed by atoms with Gasteiger partial charge in [-0.3, -0.25) is 9.59 Å². The maximum absolute atomic E-state index is 14.4. The van der Waals surface area contributed by atoms with Gasteiger partial charge in [0.2, 0.25) is 0 Å². The first-order valence-electron chi connectivity index (χ1n) is 10.6. The number of nitrogens with one attached hydrogen (secondary N) is 1. The second-order valence-corrected chi connectivity index (χ2v) is 8.85. The Bertz CT molecular complexity index is 1060. The van der Waals surface area contributed by atoms with Crippen LogP contribution in [-0.2, 0) is 6.42 Å². The van der Waals surface area contributed by atoms with E-state index in [0.717, 1.165) is 24.0 Å². The highest BCUT2D eigenvalue weighted by molar-refractivity contribution is 6.33. The molecule has 5 rings (SSSR count). The van der Waals surface area contributed by atoms with Crippen LogP contribution in [0, 0.1) is 18.7 Å². The van der Waals surface area contributed by atoms with E-state index in [9.17, 15) is 14.0 Å². The highest BCUT2D eigenvalue weighted by Crippen LogP contribution is 2.39. The number of ether oxygens (including phenoxy) is 1. The lowest BCUT2D eigenvalue weighted by molar-refractivity contribution is 0.0566. The Labute approximate surface area is 186 Å². The van der Waals surface area contributed by atoms with Gasteiger partial charge in [0, 0.05) is 19.6 Å². The predicted octanol–water partition coefficient (Wildman–Crippen LogP) is 4.37. The molecule has 2 atom stereocenters. The molecular weight excluding hydrogens is 419 g/mol. The molecule has 1 N–H and O–H groups in total. The van der Waals surface area contributed by atoms with Crippen molar-refractivity contribution < 1.29 is 18.7 Å². The molecule has 0 aliphatic carbocycles. The van der Waals surface area contributed by atoms with E-state index < -0.39 is 11.7 Å². The number of halogens is 2. The Morgan fingerprint density at radius 1 is 1.35 bits per heavy atom. The van der Waals surface area contributed by atoms with E-state index in [1.807, 2.05) is 17.9 Å². The number of carbonyl (C=O) groups excluding carboxylic acids is 2. The monoisotopic (exact) mass is 444 g/mol. The molecule has 5 nitrogen and oxygen atoms in total. The van der Waals surface area contributed by atoms with Crippen LogP contribution in [0.3, 0.4) is 0 Å². The molecule has 3 aliphatic rings. The Morgan fingerprint density at radius 3 is 2.81 bits per heavy atom. The van der Waals surface area contributed by atoms with E-state index in [1.165, 1.54) is 19.2 Å². The molecule has 1 saturated heterocycles. The number of amides is 2. The van der Waals surface area contributed by atoms with Crippen molar-refractivity contribution in [1.29, 1.82) is 0 Å². The van der Waals surface area contributed by atoms with Crippen molar-refractivity contribution in [2.75, 3.05) is 20.2 Å². The van der Waals surface area contributed by atoms with Crippen LogP contribution in [0.25, 0.3) is 0 Å². The van der Waals surface area contributed by atoms with Gasteiger partial charge in [-0.25, -0.2) is 4.39 Å². The van der Waals surface area contributed by atoms with Crippen LogP contribution >= 0.6 is 11.6 Å². The van der Waals surface area contributed by atoms with Crippen molar-refractivity contribution in [1.82, 2.24) is 10.2 Å². The lowest BCUT2D eigenvalue weighted by Crippen LogP contribution is -2.44. The van der Waals surface area contributed by atoms with Gasteiger partial charge in [0.1, 0.15) is 5.82 Å². The van der Waals surface area contributed by atoms with E-state index >= 15 is 0 Å². The van der Waals surface area contributed by atoms with Gasteiger partial charge in [-0.15, -0.1) is 0 Å². The van der Waals surface area contributed by atoms with Gasteiger partial charge in [-0.1, -0.05) is 17.7 Å². The van der Waals surface area contributed by atoms with Gasteiger partial charge in [-0.2, -0.15) is 0 Å². The van der Waals surface area contributed by atoms with Crippen molar-refractivity contribution >= 4 is 23.4 Å². The summed E-state index contributed by atoms with van der Waals surface area (Å²) < 4.78 is 20.5. The summed E-state index contributed by atoms with van der Waals surface area (Å²) in [6, 6.07) is 6.52. The largest absolute Gasteiger partial charge is 0.491 e. The molecule has 0 spiro atoms. The first kappa shape index (κ1) is 21.6. The fraction of sp³-hybridized carbons (Fsp3) is 0.417. The second kappa shape index (κ2) is 8.50. The molecule has 1 fully saturated rings. The number of rotatable bonds is 3. The van der Waals surface area contributed by atoms with Crippen LogP contribution in [0.2, 0.25) is 5.02 Å². The molecular formula is C24H26ClFN2O3. The third kappa shape index (κ3) is 4.01. The first-order chi connectivity index (χ1) is 14.8.